The van der Waals surface area contributed by atoms with Crippen molar-refractivity contribution in [3.63, 3.8) is 0 Å². The van der Waals surface area contributed by atoms with Gasteiger partial charge < -0.3 is 5.32 Å². The van der Waals surface area contributed by atoms with Gasteiger partial charge in [0, 0.05) is 10.2 Å². The zero-order valence-electron chi connectivity index (χ0n) is 11.1. The maximum Gasteiger partial charge on any atom is 0.256 e. The highest BCUT2D eigenvalue weighted by Crippen LogP contribution is 2.26. The van der Waals surface area contributed by atoms with Crippen LogP contribution in [0.5, 0.6) is 0 Å². The van der Waals surface area contributed by atoms with E-state index in [2.05, 4.69) is 21.2 Å². The number of halogens is 1. The Morgan fingerprint density at radius 1 is 1.00 bits per heavy atom. The lowest BCUT2D eigenvalue weighted by Crippen LogP contribution is -2.34. The topological polar surface area (TPSA) is 49.4 Å². The Morgan fingerprint density at radius 2 is 1.67 bits per heavy atom. The van der Waals surface area contributed by atoms with Crippen LogP contribution < -0.4 is 10.2 Å². The molecule has 1 atom stereocenters. The number of imide groups is 1. The molecule has 5 heteroatoms. The highest BCUT2D eigenvalue weighted by molar-refractivity contribution is 9.10. The Balaban J connectivity index is 1.80. The Kier molecular flexibility index (Phi) is 3.75. The number of amides is 2. The highest BCUT2D eigenvalue weighted by atomic mass is 79.9. The Hall–Kier alpha value is -2.14. The quantitative estimate of drug-likeness (QED) is 0.870. The molecular weight excluding hydrogens is 332 g/mol. The molecule has 0 saturated carbocycles. The zero-order chi connectivity index (χ0) is 14.8. The van der Waals surface area contributed by atoms with E-state index in [1.807, 2.05) is 42.5 Å². The first kappa shape index (κ1) is 13.8. The maximum atomic E-state index is 12.4. The van der Waals surface area contributed by atoms with Crippen LogP contribution in [0.1, 0.15) is 6.42 Å². The van der Waals surface area contributed by atoms with Crippen molar-refractivity contribution in [2.24, 2.45) is 0 Å². The first-order valence-electron chi connectivity index (χ1n) is 6.59. The first-order valence-corrected chi connectivity index (χ1v) is 7.38. The number of carbonyl (C=O) groups is 2. The fourth-order valence-electron chi connectivity index (χ4n) is 2.34. The Labute approximate surface area is 130 Å². The summed E-state index contributed by atoms with van der Waals surface area (Å²) in [4.78, 5) is 25.8. The van der Waals surface area contributed by atoms with Crippen molar-refractivity contribution in [2.75, 3.05) is 10.2 Å². The van der Waals surface area contributed by atoms with Gasteiger partial charge in [-0.05, 0) is 36.4 Å². The molecule has 1 saturated heterocycles. The average molecular weight is 345 g/mol. The first-order chi connectivity index (χ1) is 10.1. The van der Waals surface area contributed by atoms with Crippen molar-refractivity contribution in [3.8, 4) is 0 Å². The molecule has 0 bridgehead atoms. The van der Waals surface area contributed by atoms with E-state index in [0.717, 1.165) is 10.2 Å². The molecule has 2 aromatic carbocycles. The zero-order valence-corrected chi connectivity index (χ0v) is 12.7. The molecule has 2 amide bonds. The number of hydrogen-bond donors (Lipinski definition) is 1. The molecule has 0 unspecified atom stereocenters. The molecule has 1 aliphatic heterocycles. The van der Waals surface area contributed by atoms with E-state index in [0.29, 0.717) is 5.69 Å². The molecule has 0 spiro atoms. The third kappa shape index (κ3) is 2.83. The number of para-hydroxylation sites is 1. The van der Waals surface area contributed by atoms with Gasteiger partial charge in [-0.1, -0.05) is 34.1 Å². The third-order valence-electron chi connectivity index (χ3n) is 3.35. The van der Waals surface area contributed by atoms with Crippen LogP contribution in [0.15, 0.2) is 59.1 Å². The molecule has 1 fully saturated rings. The van der Waals surface area contributed by atoms with Gasteiger partial charge in [0.15, 0.2) is 0 Å². The molecule has 4 nitrogen and oxygen atoms in total. The number of rotatable bonds is 3. The molecule has 0 radical (unpaired) electrons. The van der Waals surface area contributed by atoms with Crippen molar-refractivity contribution < 1.29 is 9.59 Å². The van der Waals surface area contributed by atoms with Crippen LogP contribution in [-0.2, 0) is 9.59 Å². The molecule has 0 aromatic heterocycles. The monoisotopic (exact) mass is 344 g/mol. The van der Waals surface area contributed by atoms with Gasteiger partial charge in [0.05, 0.1) is 12.1 Å². The number of benzene rings is 2. The standard InChI is InChI=1S/C16H13BrN2O2/c17-11-6-8-13(9-7-11)19-15(20)10-14(16(19)21)18-12-4-2-1-3-5-12/h1-9,14,18H,10H2/t14-/m0/s1. The smallest absolute Gasteiger partial charge is 0.256 e. The number of anilines is 2. The lowest BCUT2D eigenvalue weighted by Gasteiger charge is -2.16. The summed E-state index contributed by atoms with van der Waals surface area (Å²) in [5, 5.41) is 3.11. The average Bonchev–Trinajstić information content (AvgIpc) is 2.76. The number of nitrogens with zero attached hydrogens (tertiary/aromatic N) is 1. The summed E-state index contributed by atoms with van der Waals surface area (Å²) in [6.07, 6.45) is 0.170. The predicted molar refractivity (Wildman–Crippen MR) is 85.1 cm³/mol. The summed E-state index contributed by atoms with van der Waals surface area (Å²) in [6.45, 7) is 0. The van der Waals surface area contributed by atoms with E-state index in [1.54, 1.807) is 12.1 Å². The molecule has 106 valence electrons. The summed E-state index contributed by atoms with van der Waals surface area (Å²) in [5.74, 6) is -0.401. The largest absolute Gasteiger partial charge is 0.373 e. The van der Waals surface area contributed by atoms with E-state index in [1.165, 1.54) is 4.90 Å². The van der Waals surface area contributed by atoms with Gasteiger partial charge in [-0.3, -0.25) is 9.59 Å². The number of hydrogen-bond acceptors (Lipinski definition) is 3. The lowest BCUT2D eigenvalue weighted by atomic mass is 10.2. The lowest BCUT2D eigenvalue weighted by molar-refractivity contribution is -0.121. The number of nitrogens with one attached hydrogen (secondary N) is 1. The Morgan fingerprint density at radius 3 is 2.33 bits per heavy atom. The summed E-state index contributed by atoms with van der Waals surface area (Å²) in [7, 11) is 0. The molecule has 3 rings (SSSR count). The van der Waals surface area contributed by atoms with Gasteiger partial charge in [-0.2, -0.15) is 0 Å². The minimum absolute atomic E-state index is 0.170. The van der Waals surface area contributed by atoms with Gasteiger partial charge in [0.1, 0.15) is 6.04 Å². The van der Waals surface area contributed by atoms with E-state index in [4.69, 9.17) is 0 Å². The second kappa shape index (κ2) is 5.69. The van der Waals surface area contributed by atoms with Crippen molar-refractivity contribution >= 4 is 39.1 Å². The van der Waals surface area contributed by atoms with Crippen molar-refractivity contribution in [2.45, 2.75) is 12.5 Å². The third-order valence-corrected chi connectivity index (χ3v) is 3.87. The summed E-state index contributed by atoms with van der Waals surface area (Å²) in [6, 6.07) is 16.0. The SMILES string of the molecule is O=C1C[C@H](Nc2ccccc2)C(=O)N1c1ccc(Br)cc1. The van der Waals surface area contributed by atoms with Crippen LogP contribution in [0.25, 0.3) is 0 Å². The summed E-state index contributed by atoms with van der Waals surface area (Å²) < 4.78 is 0.907. The molecule has 1 aliphatic rings. The van der Waals surface area contributed by atoms with Crippen molar-refractivity contribution in [3.05, 3.63) is 59.1 Å². The van der Waals surface area contributed by atoms with Crippen molar-refractivity contribution in [1.82, 2.24) is 0 Å². The van der Waals surface area contributed by atoms with Crippen LogP contribution in [-0.4, -0.2) is 17.9 Å². The molecule has 21 heavy (non-hydrogen) atoms. The second-order valence-electron chi connectivity index (χ2n) is 4.81. The van der Waals surface area contributed by atoms with Crippen LogP contribution in [0.3, 0.4) is 0 Å². The molecular formula is C16H13BrN2O2. The van der Waals surface area contributed by atoms with Crippen LogP contribution in [0, 0.1) is 0 Å². The predicted octanol–water partition coefficient (Wildman–Crippen LogP) is 3.19. The van der Waals surface area contributed by atoms with Crippen LogP contribution in [0.4, 0.5) is 11.4 Å². The molecule has 2 aromatic rings. The molecule has 0 aliphatic carbocycles. The van der Waals surface area contributed by atoms with E-state index >= 15 is 0 Å². The fourth-order valence-corrected chi connectivity index (χ4v) is 2.61. The van der Waals surface area contributed by atoms with E-state index in [-0.39, 0.29) is 18.2 Å². The minimum Gasteiger partial charge on any atom is -0.373 e. The van der Waals surface area contributed by atoms with Gasteiger partial charge in [0.2, 0.25) is 5.91 Å². The van der Waals surface area contributed by atoms with Gasteiger partial charge in [0.25, 0.3) is 5.91 Å². The van der Waals surface area contributed by atoms with Gasteiger partial charge in [-0.15, -0.1) is 0 Å². The van der Waals surface area contributed by atoms with Crippen LogP contribution >= 0.6 is 15.9 Å². The van der Waals surface area contributed by atoms with E-state index < -0.39 is 6.04 Å². The van der Waals surface area contributed by atoms with Crippen LogP contribution in [0.2, 0.25) is 0 Å². The molecule has 1 N–H and O–H groups in total. The second-order valence-corrected chi connectivity index (χ2v) is 5.73. The van der Waals surface area contributed by atoms with Crippen molar-refractivity contribution in [1.29, 1.82) is 0 Å². The fraction of sp³-hybridized carbons (Fsp3) is 0.125. The van der Waals surface area contributed by atoms with E-state index in [9.17, 15) is 9.59 Å². The van der Waals surface area contributed by atoms with Gasteiger partial charge in [-0.25, -0.2) is 4.90 Å². The normalized spacial score (nSPS) is 18.1. The summed E-state index contributed by atoms with van der Waals surface area (Å²) >= 11 is 3.34. The number of carbonyl (C=O) groups excluding carboxylic acids is 2. The maximum absolute atomic E-state index is 12.4. The van der Waals surface area contributed by atoms with Gasteiger partial charge >= 0.3 is 0 Å². The molecule has 1 heterocycles. The summed E-state index contributed by atoms with van der Waals surface area (Å²) in [5.41, 5.74) is 1.44. The minimum atomic E-state index is -0.511. The highest BCUT2D eigenvalue weighted by Gasteiger charge is 2.39. The Bertz CT molecular complexity index is 670.